The van der Waals surface area contributed by atoms with Crippen molar-refractivity contribution in [3.8, 4) is 5.75 Å². The molecular weight excluding hydrogens is 368 g/mol. The summed E-state index contributed by atoms with van der Waals surface area (Å²) in [6.45, 7) is -0.665. The fourth-order valence-corrected chi connectivity index (χ4v) is 3.02. The highest BCUT2D eigenvalue weighted by Crippen LogP contribution is 2.18. The number of para-hydroxylation sites is 1. The second kappa shape index (κ2) is 9.27. The highest BCUT2D eigenvalue weighted by Gasteiger charge is 2.23. The number of piperazine rings is 1. The molecule has 1 fully saturated rings. The molecule has 0 radical (unpaired) electrons. The van der Waals surface area contributed by atoms with E-state index in [1.54, 1.807) is 11.0 Å². The lowest BCUT2D eigenvalue weighted by Gasteiger charge is -2.34. The number of nitrogens with one attached hydrogen (secondary N) is 1. The molecule has 0 atom stereocenters. The predicted molar refractivity (Wildman–Crippen MR) is 100 cm³/mol. The summed E-state index contributed by atoms with van der Waals surface area (Å²) in [6.07, 6.45) is 0. The van der Waals surface area contributed by atoms with E-state index < -0.39 is 6.61 Å². The standard InChI is InChI=1S/C20H21F2N3O3/c21-20(22)28-17-8-4-5-15(13-17)19(27)25-11-9-24(10-12-25)14-18(26)23-16-6-2-1-3-7-16/h1-8,13,20H,9-12,14H2,(H,23,26). The van der Waals surface area contributed by atoms with Crippen molar-refractivity contribution < 1.29 is 23.1 Å². The molecule has 148 valence electrons. The normalized spacial score (nSPS) is 14.8. The van der Waals surface area contributed by atoms with Crippen LogP contribution < -0.4 is 10.1 Å². The fraction of sp³-hybridized carbons (Fsp3) is 0.300. The zero-order valence-corrected chi connectivity index (χ0v) is 15.2. The summed E-state index contributed by atoms with van der Waals surface area (Å²) in [5.74, 6) is -0.395. The molecule has 0 unspecified atom stereocenters. The molecule has 2 aromatic carbocycles. The van der Waals surface area contributed by atoms with Crippen molar-refractivity contribution in [2.24, 2.45) is 0 Å². The van der Waals surface area contributed by atoms with Crippen LogP contribution in [0.5, 0.6) is 5.75 Å². The van der Waals surface area contributed by atoms with Gasteiger partial charge in [-0.3, -0.25) is 14.5 Å². The molecule has 1 saturated heterocycles. The van der Waals surface area contributed by atoms with Crippen LogP contribution in [0.3, 0.4) is 0 Å². The molecule has 8 heteroatoms. The number of benzene rings is 2. The number of ether oxygens (including phenoxy) is 1. The van der Waals surface area contributed by atoms with Crippen molar-refractivity contribution in [1.82, 2.24) is 9.80 Å². The summed E-state index contributed by atoms with van der Waals surface area (Å²) in [7, 11) is 0. The van der Waals surface area contributed by atoms with Crippen LogP contribution in [0.2, 0.25) is 0 Å². The lowest BCUT2D eigenvalue weighted by atomic mass is 10.1. The first kappa shape index (κ1) is 19.8. The number of hydrogen-bond acceptors (Lipinski definition) is 4. The minimum Gasteiger partial charge on any atom is -0.435 e. The number of carbonyl (C=O) groups is 2. The van der Waals surface area contributed by atoms with Crippen LogP contribution in [0.15, 0.2) is 54.6 Å². The van der Waals surface area contributed by atoms with Crippen LogP contribution >= 0.6 is 0 Å². The molecule has 0 spiro atoms. The van der Waals surface area contributed by atoms with Gasteiger partial charge in [0, 0.05) is 37.4 Å². The summed E-state index contributed by atoms with van der Waals surface area (Å²) in [5.41, 5.74) is 1.04. The number of alkyl halides is 2. The van der Waals surface area contributed by atoms with E-state index in [4.69, 9.17) is 0 Å². The number of anilines is 1. The van der Waals surface area contributed by atoms with E-state index in [1.165, 1.54) is 18.2 Å². The summed E-state index contributed by atoms with van der Waals surface area (Å²) < 4.78 is 29.0. The van der Waals surface area contributed by atoms with Gasteiger partial charge in [-0.15, -0.1) is 0 Å². The third-order valence-electron chi connectivity index (χ3n) is 4.39. The van der Waals surface area contributed by atoms with Gasteiger partial charge in [0.25, 0.3) is 5.91 Å². The van der Waals surface area contributed by atoms with Crippen molar-refractivity contribution in [1.29, 1.82) is 0 Å². The number of carbonyl (C=O) groups excluding carboxylic acids is 2. The average molecular weight is 389 g/mol. The van der Waals surface area contributed by atoms with Crippen LogP contribution in [-0.4, -0.2) is 60.9 Å². The maximum absolute atomic E-state index is 12.6. The summed E-state index contributed by atoms with van der Waals surface area (Å²) in [4.78, 5) is 28.3. The van der Waals surface area contributed by atoms with E-state index >= 15 is 0 Å². The van der Waals surface area contributed by atoms with Crippen LogP contribution in [0.4, 0.5) is 14.5 Å². The lowest BCUT2D eigenvalue weighted by molar-refractivity contribution is -0.117. The van der Waals surface area contributed by atoms with Crippen molar-refractivity contribution in [2.45, 2.75) is 6.61 Å². The van der Waals surface area contributed by atoms with E-state index in [0.717, 1.165) is 5.69 Å². The molecule has 6 nitrogen and oxygen atoms in total. The van der Waals surface area contributed by atoms with Gasteiger partial charge in [0.05, 0.1) is 6.54 Å². The van der Waals surface area contributed by atoms with Crippen molar-refractivity contribution in [3.05, 3.63) is 60.2 Å². The van der Waals surface area contributed by atoms with Crippen molar-refractivity contribution in [3.63, 3.8) is 0 Å². The Morgan fingerprint density at radius 1 is 1.00 bits per heavy atom. The Balaban J connectivity index is 1.49. The highest BCUT2D eigenvalue weighted by atomic mass is 19.3. The molecule has 1 N–H and O–H groups in total. The van der Waals surface area contributed by atoms with Crippen LogP contribution in [0, 0.1) is 0 Å². The summed E-state index contributed by atoms with van der Waals surface area (Å²) in [5, 5.41) is 2.83. The van der Waals surface area contributed by atoms with Gasteiger partial charge in [-0.1, -0.05) is 24.3 Å². The Bertz CT molecular complexity index is 809. The van der Waals surface area contributed by atoms with E-state index in [-0.39, 0.29) is 24.1 Å². The van der Waals surface area contributed by atoms with E-state index in [1.807, 2.05) is 35.2 Å². The summed E-state index contributed by atoms with van der Waals surface area (Å²) >= 11 is 0. The molecule has 28 heavy (non-hydrogen) atoms. The molecule has 1 aliphatic rings. The Morgan fingerprint density at radius 3 is 2.39 bits per heavy atom. The number of amides is 2. The lowest BCUT2D eigenvalue weighted by Crippen LogP contribution is -2.50. The smallest absolute Gasteiger partial charge is 0.387 e. The van der Waals surface area contributed by atoms with Gasteiger partial charge in [0.2, 0.25) is 5.91 Å². The van der Waals surface area contributed by atoms with Gasteiger partial charge in [0.15, 0.2) is 0 Å². The first-order chi connectivity index (χ1) is 13.5. The second-order valence-corrected chi connectivity index (χ2v) is 6.39. The Labute approximate surface area is 161 Å². The SMILES string of the molecule is O=C(CN1CCN(C(=O)c2cccc(OC(F)F)c2)CC1)Nc1ccccc1. The topological polar surface area (TPSA) is 61.9 Å². The quantitative estimate of drug-likeness (QED) is 0.825. The highest BCUT2D eigenvalue weighted by molar-refractivity contribution is 5.95. The van der Waals surface area contributed by atoms with E-state index in [0.29, 0.717) is 31.7 Å². The van der Waals surface area contributed by atoms with Gasteiger partial charge in [-0.05, 0) is 30.3 Å². The van der Waals surface area contributed by atoms with Gasteiger partial charge in [-0.2, -0.15) is 8.78 Å². The molecule has 2 aromatic rings. The first-order valence-corrected chi connectivity index (χ1v) is 8.92. The van der Waals surface area contributed by atoms with Gasteiger partial charge < -0.3 is 15.0 Å². The van der Waals surface area contributed by atoms with E-state index in [2.05, 4.69) is 10.1 Å². The maximum Gasteiger partial charge on any atom is 0.387 e. The van der Waals surface area contributed by atoms with Gasteiger partial charge >= 0.3 is 6.61 Å². The molecule has 0 saturated carbocycles. The molecule has 0 aliphatic carbocycles. The zero-order valence-electron chi connectivity index (χ0n) is 15.2. The molecule has 1 heterocycles. The first-order valence-electron chi connectivity index (χ1n) is 8.92. The Morgan fingerprint density at radius 2 is 1.71 bits per heavy atom. The molecular formula is C20H21F2N3O3. The van der Waals surface area contributed by atoms with Crippen molar-refractivity contribution in [2.75, 3.05) is 38.0 Å². The fourth-order valence-electron chi connectivity index (χ4n) is 3.02. The Hall–Kier alpha value is -3.00. The van der Waals surface area contributed by atoms with Crippen LogP contribution in [0.25, 0.3) is 0 Å². The number of halogens is 2. The third-order valence-corrected chi connectivity index (χ3v) is 4.39. The second-order valence-electron chi connectivity index (χ2n) is 6.39. The maximum atomic E-state index is 12.6. The average Bonchev–Trinajstić information content (AvgIpc) is 2.68. The van der Waals surface area contributed by atoms with E-state index in [9.17, 15) is 18.4 Å². The molecule has 1 aliphatic heterocycles. The number of rotatable bonds is 6. The summed E-state index contributed by atoms with van der Waals surface area (Å²) in [6, 6.07) is 15.0. The van der Waals surface area contributed by atoms with Crippen LogP contribution in [0.1, 0.15) is 10.4 Å². The third kappa shape index (κ3) is 5.50. The molecule has 0 aromatic heterocycles. The van der Waals surface area contributed by atoms with Gasteiger partial charge in [-0.25, -0.2) is 0 Å². The Kier molecular flexibility index (Phi) is 6.54. The molecule has 0 bridgehead atoms. The van der Waals surface area contributed by atoms with Gasteiger partial charge in [0.1, 0.15) is 5.75 Å². The molecule has 2 amide bonds. The monoisotopic (exact) mass is 389 g/mol. The molecule has 3 rings (SSSR count). The largest absolute Gasteiger partial charge is 0.435 e. The zero-order chi connectivity index (χ0) is 19.9. The number of nitrogens with zero attached hydrogens (tertiary/aromatic N) is 2. The number of hydrogen-bond donors (Lipinski definition) is 1. The van der Waals surface area contributed by atoms with Crippen LogP contribution in [-0.2, 0) is 4.79 Å². The predicted octanol–water partition coefficient (Wildman–Crippen LogP) is 2.68. The minimum absolute atomic E-state index is 0.0444. The van der Waals surface area contributed by atoms with Crippen molar-refractivity contribution >= 4 is 17.5 Å². The minimum atomic E-state index is -2.93.